The maximum atomic E-state index is 6.26. The second-order valence-electron chi connectivity index (χ2n) is 4.55. The van der Waals surface area contributed by atoms with Crippen molar-refractivity contribution in [3.63, 3.8) is 0 Å². The molecule has 98 valence electrons. The van der Waals surface area contributed by atoms with E-state index in [2.05, 4.69) is 28.1 Å². The third kappa shape index (κ3) is 2.31. The third-order valence-corrected chi connectivity index (χ3v) is 4.80. The molecule has 0 spiro atoms. The summed E-state index contributed by atoms with van der Waals surface area (Å²) in [5, 5.41) is 2.02. The van der Waals surface area contributed by atoms with Crippen LogP contribution in [0.15, 0.2) is 48.5 Å². The molecule has 0 aliphatic carbocycles. The largest absolute Gasteiger partial charge is 0.355 e. The summed E-state index contributed by atoms with van der Waals surface area (Å²) < 4.78 is 5.97. The molecule has 0 bridgehead atoms. The van der Waals surface area contributed by atoms with Crippen molar-refractivity contribution in [2.75, 3.05) is 5.33 Å². The molecule has 1 nitrogen and oxygen atoms in total. The number of halogens is 3. The smallest absolute Gasteiger partial charge is 0.134 e. The van der Waals surface area contributed by atoms with Gasteiger partial charge in [-0.25, -0.2) is 0 Å². The van der Waals surface area contributed by atoms with E-state index in [-0.39, 0.29) is 11.7 Å². The standard InChI is InChI=1S/C15H11BrCl2O/c16-9-15(10-4-2-1-3-5-10)14(19-15)12-7-6-11(17)8-13(12)18/h1-8,14H,9H2. The molecule has 19 heavy (non-hydrogen) atoms. The average Bonchev–Trinajstić information content (AvgIpc) is 3.15. The van der Waals surface area contributed by atoms with Gasteiger partial charge in [-0.1, -0.05) is 75.5 Å². The molecular formula is C15H11BrCl2O. The number of ether oxygens (including phenoxy) is 1. The lowest BCUT2D eigenvalue weighted by molar-refractivity contribution is 0.318. The van der Waals surface area contributed by atoms with Crippen LogP contribution < -0.4 is 0 Å². The predicted octanol–water partition coefficient (Wildman–Crippen LogP) is 5.36. The summed E-state index contributed by atoms with van der Waals surface area (Å²) in [6.45, 7) is 0. The molecule has 0 N–H and O–H groups in total. The minimum Gasteiger partial charge on any atom is -0.355 e. The molecule has 2 aromatic rings. The average molecular weight is 358 g/mol. The Kier molecular flexibility index (Phi) is 3.61. The van der Waals surface area contributed by atoms with Gasteiger partial charge >= 0.3 is 0 Å². The first-order valence-electron chi connectivity index (χ1n) is 5.91. The van der Waals surface area contributed by atoms with Crippen LogP contribution in [0.4, 0.5) is 0 Å². The van der Waals surface area contributed by atoms with E-state index >= 15 is 0 Å². The third-order valence-electron chi connectivity index (χ3n) is 3.40. The Hall–Kier alpha value is -0.540. The zero-order valence-electron chi connectivity index (χ0n) is 9.95. The van der Waals surface area contributed by atoms with Crippen LogP contribution in [0.5, 0.6) is 0 Å². The maximum absolute atomic E-state index is 6.26. The van der Waals surface area contributed by atoms with E-state index in [0.29, 0.717) is 10.0 Å². The van der Waals surface area contributed by atoms with Crippen molar-refractivity contribution < 1.29 is 4.74 Å². The Morgan fingerprint density at radius 1 is 1.11 bits per heavy atom. The highest BCUT2D eigenvalue weighted by molar-refractivity contribution is 9.09. The molecule has 1 heterocycles. The molecule has 1 saturated heterocycles. The molecule has 0 aromatic heterocycles. The Bertz CT molecular complexity index is 602. The van der Waals surface area contributed by atoms with Gasteiger partial charge in [-0.05, 0) is 17.7 Å². The first kappa shape index (κ1) is 13.4. The van der Waals surface area contributed by atoms with Gasteiger partial charge in [-0.2, -0.15) is 0 Å². The summed E-state index contributed by atoms with van der Waals surface area (Å²) >= 11 is 15.7. The van der Waals surface area contributed by atoms with Gasteiger partial charge in [0.25, 0.3) is 0 Å². The highest BCUT2D eigenvalue weighted by Crippen LogP contribution is 2.59. The van der Waals surface area contributed by atoms with Crippen LogP contribution in [-0.4, -0.2) is 5.33 Å². The van der Waals surface area contributed by atoms with Crippen LogP contribution in [0.2, 0.25) is 10.0 Å². The molecule has 1 aliphatic heterocycles. The molecule has 0 amide bonds. The zero-order valence-corrected chi connectivity index (χ0v) is 13.0. The van der Waals surface area contributed by atoms with E-state index < -0.39 is 0 Å². The van der Waals surface area contributed by atoms with Crippen molar-refractivity contribution in [3.8, 4) is 0 Å². The number of benzene rings is 2. The van der Waals surface area contributed by atoms with E-state index in [1.54, 1.807) is 6.07 Å². The SMILES string of the molecule is Clc1ccc(C2OC2(CBr)c2ccccc2)c(Cl)c1. The van der Waals surface area contributed by atoms with Crippen molar-refractivity contribution in [1.82, 2.24) is 0 Å². The Labute approximate surface area is 130 Å². The van der Waals surface area contributed by atoms with Gasteiger partial charge in [0.1, 0.15) is 11.7 Å². The molecular weight excluding hydrogens is 347 g/mol. The molecule has 0 saturated carbocycles. The van der Waals surface area contributed by atoms with E-state index in [1.165, 1.54) is 0 Å². The summed E-state index contributed by atoms with van der Waals surface area (Å²) in [4.78, 5) is 0. The normalized spacial score (nSPS) is 25.3. The topological polar surface area (TPSA) is 12.5 Å². The van der Waals surface area contributed by atoms with Gasteiger partial charge < -0.3 is 4.74 Å². The van der Waals surface area contributed by atoms with Gasteiger partial charge in [0.05, 0.1) is 0 Å². The summed E-state index contributed by atoms with van der Waals surface area (Å²) in [5.41, 5.74) is 1.82. The lowest BCUT2D eigenvalue weighted by Gasteiger charge is -2.10. The molecule has 2 unspecified atom stereocenters. The maximum Gasteiger partial charge on any atom is 0.134 e. The van der Waals surface area contributed by atoms with Crippen molar-refractivity contribution in [1.29, 1.82) is 0 Å². The summed E-state index contributed by atoms with van der Waals surface area (Å²) in [6, 6.07) is 15.7. The highest BCUT2D eigenvalue weighted by atomic mass is 79.9. The van der Waals surface area contributed by atoms with Crippen LogP contribution in [0.1, 0.15) is 17.2 Å². The first-order valence-corrected chi connectivity index (χ1v) is 7.79. The Morgan fingerprint density at radius 2 is 1.84 bits per heavy atom. The number of alkyl halides is 1. The summed E-state index contributed by atoms with van der Waals surface area (Å²) in [7, 11) is 0. The van der Waals surface area contributed by atoms with Crippen molar-refractivity contribution in [3.05, 3.63) is 69.7 Å². The predicted molar refractivity (Wildman–Crippen MR) is 82.2 cm³/mol. The van der Waals surface area contributed by atoms with Crippen LogP contribution >= 0.6 is 39.1 Å². The Morgan fingerprint density at radius 3 is 2.47 bits per heavy atom. The number of epoxide rings is 1. The van der Waals surface area contributed by atoms with E-state index in [0.717, 1.165) is 16.5 Å². The number of hydrogen-bond donors (Lipinski definition) is 0. The lowest BCUT2D eigenvalue weighted by atomic mass is 9.93. The molecule has 4 heteroatoms. The van der Waals surface area contributed by atoms with Gasteiger partial charge in [-0.15, -0.1) is 0 Å². The van der Waals surface area contributed by atoms with Crippen molar-refractivity contribution in [2.45, 2.75) is 11.7 Å². The minimum absolute atomic E-state index is 0.0287. The van der Waals surface area contributed by atoms with E-state index in [9.17, 15) is 0 Å². The van der Waals surface area contributed by atoms with Crippen LogP contribution in [0, 0.1) is 0 Å². The first-order chi connectivity index (χ1) is 9.17. The van der Waals surface area contributed by atoms with E-state index in [1.807, 2.05) is 30.3 Å². The molecule has 0 radical (unpaired) electrons. The van der Waals surface area contributed by atoms with E-state index in [4.69, 9.17) is 27.9 Å². The summed E-state index contributed by atoms with van der Waals surface area (Å²) in [5.74, 6) is 0. The molecule has 3 rings (SSSR count). The zero-order chi connectivity index (χ0) is 13.5. The fourth-order valence-corrected chi connectivity index (χ4v) is 3.58. The second-order valence-corrected chi connectivity index (χ2v) is 5.96. The van der Waals surface area contributed by atoms with Crippen LogP contribution in [0.3, 0.4) is 0 Å². The second kappa shape index (κ2) is 5.10. The van der Waals surface area contributed by atoms with Crippen molar-refractivity contribution in [2.24, 2.45) is 0 Å². The number of hydrogen-bond acceptors (Lipinski definition) is 1. The molecule has 2 aromatic carbocycles. The van der Waals surface area contributed by atoms with Gasteiger partial charge in [0.2, 0.25) is 0 Å². The molecule has 1 fully saturated rings. The quantitative estimate of drug-likeness (QED) is 0.532. The molecule has 1 aliphatic rings. The van der Waals surface area contributed by atoms with Crippen LogP contribution in [-0.2, 0) is 10.3 Å². The highest BCUT2D eigenvalue weighted by Gasteiger charge is 2.58. The molecule has 2 atom stereocenters. The van der Waals surface area contributed by atoms with Gasteiger partial charge in [0.15, 0.2) is 0 Å². The van der Waals surface area contributed by atoms with Crippen molar-refractivity contribution >= 4 is 39.1 Å². The lowest BCUT2D eigenvalue weighted by Crippen LogP contribution is -2.11. The van der Waals surface area contributed by atoms with Gasteiger partial charge in [0, 0.05) is 20.9 Å². The van der Waals surface area contributed by atoms with Crippen LogP contribution in [0.25, 0.3) is 0 Å². The minimum atomic E-state index is -0.321. The summed E-state index contributed by atoms with van der Waals surface area (Å²) in [6.07, 6.45) is -0.0287. The monoisotopic (exact) mass is 356 g/mol. The fourth-order valence-electron chi connectivity index (χ4n) is 2.32. The fraction of sp³-hybridized carbons (Fsp3) is 0.200. The number of rotatable bonds is 3. The van der Waals surface area contributed by atoms with Gasteiger partial charge in [-0.3, -0.25) is 0 Å². The Balaban J connectivity index is 1.97.